The van der Waals surface area contributed by atoms with Crippen molar-refractivity contribution in [3.8, 4) is 5.75 Å². The van der Waals surface area contributed by atoms with Gasteiger partial charge in [0.05, 0.1) is 16.5 Å². The Hall–Kier alpha value is -2.22. The molecule has 0 radical (unpaired) electrons. The van der Waals surface area contributed by atoms with Gasteiger partial charge < -0.3 is 14.6 Å². The molecule has 0 fully saturated rings. The number of benzene rings is 2. The molecule has 0 aliphatic heterocycles. The van der Waals surface area contributed by atoms with Crippen molar-refractivity contribution < 1.29 is 9.53 Å². The van der Waals surface area contributed by atoms with E-state index in [4.69, 9.17) is 27.9 Å². The van der Waals surface area contributed by atoms with Crippen LogP contribution in [-0.4, -0.2) is 26.4 Å². The van der Waals surface area contributed by atoms with Gasteiger partial charge in [0, 0.05) is 11.6 Å². The fraction of sp³-hybridized carbons (Fsp3) is 0.318. The van der Waals surface area contributed by atoms with Crippen LogP contribution in [-0.2, 0) is 17.8 Å². The SMILES string of the molecule is CCc1ccc(O[C@H](C)c2nnc(SCC(=O)Nc3ccc(Cl)cc3Cl)n2CC)cc1. The average Bonchev–Trinajstić information content (AvgIpc) is 3.18. The van der Waals surface area contributed by atoms with E-state index in [-0.39, 0.29) is 17.8 Å². The van der Waals surface area contributed by atoms with Crippen LogP contribution >= 0.6 is 35.0 Å². The van der Waals surface area contributed by atoms with Gasteiger partial charge in [-0.05, 0) is 56.2 Å². The fourth-order valence-electron chi connectivity index (χ4n) is 2.97. The lowest BCUT2D eigenvalue weighted by molar-refractivity contribution is -0.113. The van der Waals surface area contributed by atoms with E-state index < -0.39 is 0 Å². The normalized spacial score (nSPS) is 11.9. The number of nitrogens with one attached hydrogen (secondary N) is 1. The molecule has 6 nitrogen and oxygen atoms in total. The highest BCUT2D eigenvalue weighted by atomic mass is 35.5. The minimum absolute atomic E-state index is 0.171. The minimum atomic E-state index is -0.282. The van der Waals surface area contributed by atoms with E-state index in [0.717, 1.165) is 12.2 Å². The van der Waals surface area contributed by atoms with Crippen molar-refractivity contribution in [2.24, 2.45) is 0 Å². The number of rotatable bonds is 9. The van der Waals surface area contributed by atoms with Crippen LogP contribution in [0, 0.1) is 0 Å². The monoisotopic (exact) mass is 478 g/mol. The second-order valence-electron chi connectivity index (χ2n) is 6.80. The number of nitrogens with zero attached hydrogens (tertiary/aromatic N) is 3. The third-order valence-electron chi connectivity index (χ3n) is 4.61. The lowest BCUT2D eigenvalue weighted by Crippen LogP contribution is -2.15. The second kappa shape index (κ2) is 10.9. The zero-order valence-corrected chi connectivity index (χ0v) is 19.9. The summed E-state index contributed by atoms with van der Waals surface area (Å²) >= 11 is 13.3. The maximum absolute atomic E-state index is 12.4. The number of aromatic nitrogens is 3. The molecule has 0 saturated heterocycles. The molecule has 0 aliphatic rings. The predicted molar refractivity (Wildman–Crippen MR) is 126 cm³/mol. The van der Waals surface area contributed by atoms with Crippen molar-refractivity contribution in [3.05, 3.63) is 63.9 Å². The number of anilines is 1. The van der Waals surface area contributed by atoms with Gasteiger partial charge >= 0.3 is 0 Å². The molecule has 0 spiro atoms. The summed E-state index contributed by atoms with van der Waals surface area (Å²) in [5, 5.41) is 12.9. The smallest absolute Gasteiger partial charge is 0.234 e. The molecular weight excluding hydrogens is 455 g/mol. The number of halogens is 2. The lowest BCUT2D eigenvalue weighted by atomic mass is 10.2. The van der Waals surface area contributed by atoms with Gasteiger partial charge in [-0.25, -0.2) is 0 Å². The van der Waals surface area contributed by atoms with E-state index in [2.05, 4.69) is 34.6 Å². The summed E-state index contributed by atoms with van der Waals surface area (Å²) in [6.07, 6.45) is 0.703. The van der Waals surface area contributed by atoms with Gasteiger partial charge in [0.25, 0.3) is 0 Å². The summed E-state index contributed by atoms with van der Waals surface area (Å²) in [5.74, 6) is 1.47. The van der Waals surface area contributed by atoms with Crippen molar-refractivity contribution in [2.45, 2.75) is 45.0 Å². The van der Waals surface area contributed by atoms with Crippen molar-refractivity contribution >= 4 is 46.6 Å². The van der Waals surface area contributed by atoms with Crippen LogP contribution in [0.3, 0.4) is 0 Å². The molecule has 0 saturated carbocycles. The number of carbonyl (C=O) groups is 1. The number of hydrogen-bond donors (Lipinski definition) is 1. The Bertz CT molecular complexity index is 1040. The molecular formula is C22H24Cl2N4O2S. The summed E-state index contributed by atoms with van der Waals surface area (Å²) in [6, 6.07) is 13.0. The van der Waals surface area contributed by atoms with Crippen LogP contribution in [0.25, 0.3) is 0 Å². The molecule has 0 bridgehead atoms. The molecule has 2 aromatic carbocycles. The third-order valence-corrected chi connectivity index (χ3v) is 6.12. The topological polar surface area (TPSA) is 69.0 Å². The molecule has 1 N–H and O–H groups in total. The second-order valence-corrected chi connectivity index (χ2v) is 8.59. The quantitative estimate of drug-likeness (QED) is 0.379. The Balaban J connectivity index is 1.62. The number of amides is 1. The number of thioether (sulfide) groups is 1. The molecule has 3 rings (SSSR count). The van der Waals surface area contributed by atoms with Crippen LogP contribution in [0.15, 0.2) is 47.6 Å². The Labute approximate surface area is 196 Å². The molecule has 31 heavy (non-hydrogen) atoms. The van der Waals surface area contributed by atoms with Gasteiger partial charge in [0.2, 0.25) is 5.91 Å². The van der Waals surface area contributed by atoms with Crippen LogP contribution < -0.4 is 10.1 Å². The van der Waals surface area contributed by atoms with Gasteiger partial charge in [-0.1, -0.05) is 54.0 Å². The van der Waals surface area contributed by atoms with E-state index in [1.54, 1.807) is 18.2 Å². The first-order chi connectivity index (χ1) is 14.9. The zero-order chi connectivity index (χ0) is 22.4. The highest BCUT2D eigenvalue weighted by Crippen LogP contribution is 2.27. The van der Waals surface area contributed by atoms with E-state index >= 15 is 0 Å². The number of aryl methyl sites for hydroxylation is 1. The van der Waals surface area contributed by atoms with E-state index in [1.807, 2.05) is 30.5 Å². The highest BCUT2D eigenvalue weighted by Gasteiger charge is 2.19. The summed E-state index contributed by atoms with van der Waals surface area (Å²) in [7, 11) is 0. The molecule has 9 heteroatoms. The number of hydrogen-bond acceptors (Lipinski definition) is 5. The maximum atomic E-state index is 12.4. The first kappa shape index (κ1) is 23.4. The van der Waals surface area contributed by atoms with Gasteiger partial charge in [-0.2, -0.15) is 0 Å². The van der Waals surface area contributed by atoms with E-state index in [0.29, 0.717) is 33.3 Å². The van der Waals surface area contributed by atoms with Gasteiger partial charge in [0.1, 0.15) is 5.75 Å². The summed E-state index contributed by atoms with van der Waals surface area (Å²) in [6.45, 7) is 6.73. The standard InChI is InChI=1S/C22H24Cl2N4O2S/c1-4-15-6-9-17(10-7-15)30-14(3)21-26-27-22(28(21)5-2)31-13-20(29)25-19-11-8-16(23)12-18(19)24/h6-12,14H,4-5,13H2,1-3H3,(H,25,29)/t14-/m1/s1. The molecule has 1 aromatic heterocycles. The Kier molecular flexibility index (Phi) is 8.23. The highest BCUT2D eigenvalue weighted by molar-refractivity contribution is 7.99. The van der Waals surface area contributed by atoms with Crippen molar-refractivity contribution in [1.29, 1.82) is 0 Å². The van der Waals surface area contributed by atoms with Crippen LogP contribution in [0.4, 0.5) is 5.69 Å². The maximum Gasteiger partial charge on any atom is 0.234 e. The first-order valence-electron chi connectivity index (χ1n) is 9.97. The Morgan fingerprint density at radius 2 is 1.90 bits per heavy atom. The summed E-state index contributed by atoms with van der Waals surface area (Å²) < 4.78 is 8.00. The average molecular weight is 479 g/mol. The van der Waals surface area contributed by atoms with Gasteiger partial charge in [-0.15, -0.1) is 10.2 Å². The van der Waals surface area contributed by atoms with Crippen molar-refractivity contribution in [1.82, 2.24) is 14.8 Å². The molecule has 0 unspecified atom stereocenters. The van der Waals surface area contributed by atoms with Gasteiger partial charge in [0.15, 0.2) is 17.1 Å². The molecule has 1 atom stereocenters. The van der Waals surface area contributed by atoms with Gasteiger partial charge in [-0.3, -0.25) is 4.79 Å². The summed E-state index contributed by atoms with van der Waals surface area (Å²) in [5.41, 5.74) is 1.78. The minimum Gasteiger partial charge on any atom is -0.483 e. The molecule has 3 aromatic rings. The van der Waals surface area contributed by atoms with Crippen molar-refractivity contribution in [2.75, 3.05) is 11.1 Å². The fourth-order valence-corrected chi connectivity index (χ4v) is 4.24. The van der Waals surface area contributed by atoms with E-state index in [1.165, 1.54) is 17.3 Å². The predicted octanol–water partition coefficient (Wildman–Crippen LogP) is 6.04. The zero-order valence-electron chi connectivity index (χ0n) is 17.6. The molecule has 0 aliphatic carbocycles. The molecule has 164 valence electrons. The number of ether oxygens (including phenoxy) is 1. The van der Waals surface area contributed by atoms with Crippen molar-refractivity contribution in [3.63, 3.8) is 0 Å². The Morgan fingerprint density at radius 1 is 1.16 bits per heavy atom. The molecule has 1 amide bonds. The van der Waals surface area contributed by atoms with E-state index in [9.17, 15) is 4.79 Å². The first-order valence-corrected chi connectivity index (χ1v) is 11.7. The van der Waals surface area contributed by atoms with Crippen LogP contribution in [0.5, 0.6) is 5.75 Å². The summed E-state index contributed by atoms with van der Waals surface area (Å²) in [4.78, 5) is 12.4. The Morgan fingerprint density at radius 3 is 2.55 bits per heavy atom. The van der Waals surface area contributed by atoms with Crippen LogP contribution in [0.2, 0.25) is 10.0 Å². The molecule has 1 heterocycles. The lowest BCUT2D eigenvalue weighted by Gasteiger charge is -2.16. The largest absolute Gasteiger partial charge is 0.483 e. The van der Waals surface area contributed by atoms with Crippen LogP contribution in [0.1, 0.15) is 38.3 Å². The number of carbonyl (C=O) groups excluding carboxylic acids is 1. The third kappa shape index (κ3) is 6.15.